The number of anilines is 1. The van der Waals surface area contributed by atoms with Crippen LogP contribution in [0.1, 0.15) is 12.8 Å². The maximum Gasteiger partial charge on any atom is 0.145 e. The zero-order valence-electron chi connectivity index (χ0n) is 10.4. The topological polar surface area (TPSA) is 60.6 Å². The molecule has 1 aromatic rings. The Morgan fingerprint density at radius 1 is 1.44 bits per heavy atom. The summed E-state index contributed by atoms with van der Waals surface area (Å²) in [5, 5.41) is 0. The zero-order chi connectivity index (χ0) is 12.4. The third kappa shape index (κ3) is 2.42. The smallest absolute Gasteiger partial charge is 0.145 e. The molecule has 5 heteroatoms. The average molecular weight is 249 g/mol. The number of nitrogens with zero attached hydrogens (tertiary/aromatic N) is 2. The first kappa shape index (κ1) is 11.7. The van der Waals surface area contributed by atoms with Crippen LogP contribution < -0.4 is 10.5 Å². The quantitative estimate of drug-likeness (QED) is 0.862. The van der Waals surface area contributed by atoms with Crippen molar-refractivity contribution in [1.82, 2.24) is 9.88 Å². The largest absolute Gasteiger partial charge is 0.487 e. The first-order valence-corrected chi connectivity index (χ1v) is 6.51. The fraction of sp³-hybridized carbons (Fsp3) is 0.615. The SMILES string of the molecule is Nc1cnccc1OC1CCCN(C2COC2)C1. The van der Waals surface area contributed by atoms with Crippen LogP contribution in [0.4, 0.5) is 5.69 Å². The van der Waals surface area contributed by atoms with E-state index in [1.807, 2.05) is 6.07 Å². The molecule has 0 bridgehead atoms. The van der Waals surface area contributed by atoms with Gasteiger partial charge in [0.15, 0.2) is 0 Å². The van der Waals surface area contributed by atoms with Crippen LogP contribution in [-0.4, -0.2) is 48.3 Å². The van der Waals surface area contributed by atoms with Crippen LogP contribution >= 0.6 is 0 Å². The van der Waals surface area contributed by atoms with E-state index in [1.54, 1.807) is 12.4 Å². The molecule has 2 aliphatic rings. The number of hydrogen-bond acceptors (Lipinski definition) is 5. The van der Waals surface area contributed by atoms with Crippen molar-refractivity contribution in [2.24, 2.45) is 0 Å². The summed E-state index contributed by atoms with van der Waals surface area (Å²) in [7, 11) is 0. The number of aromatic nitrogens is 1. The van der Waals surface area contributed by atoms with Crippen molar-refractivity contribution in [3.05, 3.63) is 18.5 Å². The van der Waals surface area contributed by atoms with E-state index in [2.05, 4.69) is 9.88 Å². The second-order valence-corrected chi connectivity index (χ2v) is 4.98. The van der Waals surface area contributed by atoms with E-state index in [-0.39, 0.29) is 6.10 Å². The van der Waals surface area contributed by atoms with Gasteiger partial charge >= 0.3 is 0 Å². The lowest BCUT2D eigenvalue weighted by Crippen LogP contribution is -2.54. The standard InChI is InChI=1S/C13H19N3O2/c14-12-6-15-4-3-13(12)18-11-2-1-5-16(7-11)10-8-17-9-10/h3-4,6,10-11H,1-2,5,7-9,14H2. The summed E-state index contributed by atoms with van der Waals surface area (Å²) >= 11 is 0. The number of pyridine rings is 1. The maximum absolute atomic E-state index is 5.99. The molecule has 0 aliphatic carbocycles. The van der Waals surface area contributed by atoms with Gasteiger partial charge in [0.1, 0.15) is 11.9 Å². The van der Waals surface area contributed by atoms with Gasteiger partial charge in [-0.25, -0.2) is 0 Å². The Morgan fingerprint density at radius 3 is 3.06 bits per heavy atom. The van der Waals surface area contributed by atoms with Crippen LogP contribution in [0, 0.1) is 0 Å². The predicted octanol–water partition coefficient (Wildman–Crippen LogP) is 0.906. The van der Waals surface area contributed by atoms with Gasteiger partial charge in [0.25, 0.3) is 0 Å². The molecule has 2 saturated heterocycles. The summed E-state index contributed by atoms with van der Waals surface area (Å²) < 4.78 is 11.2. The van der Waals surface area contributed by atoms with E-state index in [0.29, 0.717) is 11.7 Å². The highest BCUT2D eigenvalue weighted by Crippen LogP contribution is 2.25. The molecule has 0 saturated carbocycles. The predicted molar refractivity (Wildman–Crippen MR) is 68.5 cm³/mol. The molecule has 1 atom stereocenters. The molecule has 2 aliphatic heterocycles. The number of piperidine rings is 1. The molecule has 0 radical (unpaired) electrons. The lowest BCUT2D eigenvalue weighted by atomic mass is 10.0. The van der Waals surface area contributed by atoms with Gasteiger partial charge in [-0.15, -0.1) is 0 Å². The normalized spacial score (nSPS) is 25.7. The summed E-state index contributed by atoms with van der Waals surface area (Å²) in [5.74, 6) is 0.752. The van der Waals surface area contributed by atoms with Gasteiger partial charge in [0.05, 0.1) is 31.1 Å². The molecule has 3 heterocycles. The van der Waals surface area contributed by atoms with Gasteiger partial charge in [-0.05, 0) is 19.4 Å². The van der Waals surface area contributed by atoms with Gasteiger partial charge in [-0.2, -0.15) is 0 Å². The minimum Gasteiger partial charge on any atom is -0.487 e. The molecule has 98 valence electrons. The first-order chi connectivity index (χ1) is 8.83. The number of nitrogen functional groups attached to an aromatic ring is 1. The number of ether oxygens (including phenoxy) is 2. The summed E-state index contributed by atoms with van der Waals surface area (Å²) in [5.41, 5.74) is 6.46. The van der Waals surface area contributed by atoms with E-state index in [1.165, 1.54) is 6.42 Å². The van der Waals surface area contributed by atoms with Gasteiger partial charge in [0, 0.05) is 18.8 Å². The molecular formula is C13H19N3O2. The molecule has 2 N–H and O–H groups in total. The molecule has 0 spiro atoms. The Hall–Kier alpha value is -1.33. The van der Waals surface area contributed by atoms with Crippen molar-refractivity contribution in [2.45, 2.75) is 25.0 Å². The first-order valence-electron chi connectivity index (χ1n) is 6.51. The van der Waals surface area contributed by atoms with Gasteiger partial charge in [0.2, 0.25) is 0 Å². The van der Waals surface area contributed by atoms with Crippen molar-refractivity contribution < 1.29 is 9.47 Å². The Labute approximate surface area is 107 Å². The van der Waals surface area contributed by atoms with Gasteiger partial charge in [-0.3, -0.25) is 9.88 Å². The minimum absolute atomic E-state index is 0.226. The lowest BCUT2D eigenvalue weighted by Gasteiger charge is -2.41. The van der Waals surface area contributed by atoms with E-state index in [9.17, 15) is 0 Å². The third-order valence-electron chi connectivity index (χ3n) is 3.65. The number of rotatable bonds is 3. The van der Waals surface area contributed by atoms with Crippen LogP contribution in [-0.2, 0) is 4.74 Å². The Morgan fingerprint density at radius 2 is 2.33 bits per heavy atom. The Kier molecular flexibility index (Phi) is 3.34. The van der Waals surface area contributed by atoms with Crippen LogP contribution in [0.2, 0.25) is 0 Å². The summed E-state index contributed by atoms with van der Waals surface area (Å²) in [4.78, 5) is 6.44. The molecule has 1 unspecified atom stereocenters. The number of hydrogen-bond donors (Lipinski definition) is 1. The van der Waals surface area contributed by atoms with Crippen molar-refractivity contribution in [3.63, 3.8) is 0 Å². The van der Waals surface area contributed by atoms with Crippen LogP contribution in [0.25, 0.3) is 0 Å². The molecule has 18 heavy (non-hydrogen) atoms. The van der Waals surface area contributed by atoms with Crippen molar-refractivity contribution in [1.29, 1.82) is 0 Å². The van der Waals surface area contributed by atoms with Crippen LogP contribution in [0.3, 0.4) is 0 Å². The van der Waals surface area contributed by atoms with Crippen LogP contribution in [0.5, 0.6) is 5.75 Å². The van der Waals surface area contributed by atoms with Crippen molar-refractivity contribution in [2.75, 3.05) is 32.0 Å². The monoisotopic (exact) mass is 249 g/mol. The Balaban J connectivity index is 1.60. The molecule has 0 amide bonds. The van der Waals surface area contributed by atoms with Crippen LogP contribution in [0.15, 0.2) is 18.5 Å². The fourth-order valence-corrected chi connectivity index (χ4v) is 2.51. The fourth-order valence-electron chi connectivity index (χ4n) is 2.51. The van der Waals surface area contributed by atoms with Gasteiger partial charge in [-0.1, -0.05) is 0 Å². The summed E-state index contributed by atoms with van der Waals surface area (Å²) in [6.45, 7) is 3.85. The second-order valence-electron chi connectivity index (χ2n) is 4.98. The van der Waals surface area contributed by atoms with Crippen molar-refractivity contribution >= 4 is 5.69 Å². The highest BCUT2D eigenvalue weighted by atomic mass is 16.5. The highest BCUT2D eigenvalue weighted by molar-refractivity contribution is 5.49. The third-order valence-corrected chi connectivity index (χ3v) is 3.65. The van der Waals surface area contributed by atoms with E-state index < -0.39 is 0 Å². The van der Waals surface area contributed by atoms with Crippen molar-refractivity contribution in [3.8, 4) is 5.75 Å². The molecular weight excluding hydrogens is 230 g/mol. The van der Waals surface area contributed by atoms with E-state index in [0.717, 1.165) is 38.5 Å². The minimum atomic E-state index is 0.226. The molecule has 5 nitrogen and oxygen atoms in total. The summed E-state index contributed by atoms with van der Waals surface area (Å²) in [6.07, 6.45) is 5.84. The molecule has 1 aromatic heterocycles. The van der Waals surface area contributed by atoms with E-state index >= 15 is 0 Å². The second kappa shape index (κ2) is 5.12. The molecule has 2 fully saturated rings. The number of likely N-dealkylation sites (tertiary alicyclic amines) is 1. The number of nitrogens with two attached hydrogens (primary N) is 1. The van der Waals surface area contributed by atoms with Gasteiger partial charge < -0.3 is 15.2 Å². The molecule has 3 rings (SSSR count). The lowest BCUT2D eigenvalue weighted by molar-refractivity contribution is -0.0824. The summed E-state index contributed by atoms with van der Waals surface area (Å²) in [6, 6.07) is 2.42. The maximum atomic E-state index is 5.99. The highest BCUT2D eigenvalue weighted by Gasteiger charge is 2.31. The molecule has 0 aromatic carbocycles. The average Bonchev–Trinajstić information content (AvgIpc) is 2.31. The Bertz CT molecular complexity index is 409. The zero-order valence-corrected chi connectivity index (χ0v) is 10.4. The van der Waals surface area contributed by atoms with E-state index in [4.69, 9.17) is 15.2 Å².